The third-order valence-electron chi connectivity index (χ3n) is 12.9. The largest absolute Gasteiger partial charge is 1.00 e. The zero-order valence-corrected chi connectivity index (χ0v) is 58.0. The number of terminal acetylenes is 1. The molecule has 2 aliphatic rings. The molecule has 7 nitrogen and oxygen atoms in total. The van der Waals surface area contributed by atoms with Crippen molar-refractivity contribution in [2.45, 2.75) is 164 Å². The van der Waals surface area contributed by atoms with E-state index in [4.69, 9.17) is 15.9 Å². The zero-order valence-electron chi connectivity index (χ0n) is 41.7. The van der Waals surface area contributed by atoms with Crippen molar-refractivity contribution in [1.29, 1.82) is 0 Å². The molecule has 3 unspecified atom stereocenters. The number of aryl methyl sites for hydroxylation is 5. The van der Waals surface area contributed by atoms with E-state index in [9.17, 15) is 14.4 Å². The van der Waals surface area contributed by atoms with Crippen LogP contribution in [0.1, 0.15) is 142 Å². The van der Waals surface area contributed by atoms with Gasteiger partial charge in [-0.1, -0.05) is 69.5 Å². The fourth-order valence-corrected chi connectivity index (χ4v) is 9.50. The Kier molecular flexibility index (Phi) is 42.2. The predicted molar refractivity (Wildman–Crippen MR) is 246 cm³/mol. The van der Waals surface area contributed by atoms with Crippen LogP contribution in [0.5, 0.6) is 11.5 Å². The molecule has 5 radical (unpaired) electrons. The number of quaternary nitrogens is 1. The number of likely N-dealkylation sites (tertiary alicyclic amines) is 2. The van der Waals surface area contributed by atoms with Crippen molar-refractivity contribution in [1.82, 2.24) is 4.90 Å². The van der Waals surface area contributed by atoms with Crippen molar-refractivity contribution >= 4 is 17.5 Å². The number of halogens is 1. The summed E-state index contributed by atoms with van der Waals surface area (Å²) in [4.78, 5) is 41.1. The van der Waals surface area contributed by atoms with Gasteiger partial charge in [0.15, 0.2) is 23.1 Å². The van der Waals surface area contributed by atoms with Gasteiger partial charge < -0.3 is 37.9 Å². The van der Waals surface area contributed by atoms with E-state index in [0.29, 0.717) is 48.9 Å². The smallest absolute Gasteiger partial charge is 0.308 e. The SMILES string of the molecule is C#CCCCOc1cc(C[N+]2(CCCC)CCCCC2C(=O)Cc2c(C)cccc2C)cc(C)c1OC(C)=O.CCCCN1CCCCC1C(=O)Cc1c(C)cccc1C.[I-].[Y].[Y].[Y].[Y].[Y]. The quantitative estimate of drug-likeness (QED) is 0.0304. The van der Waals surface area contributed by atoms with Crippen LogP contribution in [0, 0.1) is 47.0 Å². The van der Waals surface area contributed by atoms with Crippen LogP contribution < -0.4 is 33.5 Å². The number of carbonyl (C=O) groups is 3. The van der Waals surface area contributed by atoms with Gasteiger partial charge in [0.1, 0.15) is 12.6 Å². The second kappa shape index (κ2) is 38.6. The van der Waals surface area contributed by atoms with Gasteiger partial charge in [0.2, 0.25) is 0 Å². The molecule has 349 valence electrons. The Balaban J connectivity index is -0.00000126. The van der Waals surface area contributed by atoms with Gasteiger partial charge >= 0.3 is 5.97 Å². The van der Waals surface area contributed by atoms with Crippen molar-refractivity contribution in [2.24, 2.45) is 0 Å². The van der Waals surface area contributed by atoms with Gasteiger partial charge in [-0.25, -0.2) is 0 Å². The van der Waals surface area contributed by atoms with Crippen molar-refractivity contribution in [3.8, 4) is 23.8 Å². The molecule has 0 saturated carbocycles. The van der Waals surface area contributed by atoms with E-state index in [1.165, 1.54) is 66.0 Å². The minimum Gasteiger partial charge on any atom is -1.00 e. The van der Waals surface area contributed by atoms with E-state index < -0.39 is 0 Å². The Morgan fingerprint density at radius 2 is 1.30 bits per heavy atom. The standard InChI is InChI=1S/C34H46NO4.C19H29NO.HI.5Y/c1-7-9-13-20-38-33-22-29(21-27(5)34(33)39-28(6)36)24-35(18-10-8-2)19-12-11-17-31(35)32(37)23-30-25(3)15-14-16-26(30)4;1-4-5-12-20-13-7-6-11-18(20)19(21)14-17-15(2)9-8-10-16(17)3;;;;;;/h1,14-16,21-22,31H,8-13,17-20,23-24H2,2-6H3;8-10,18H,4-7,11-14H2,1-3H3;1H;;;;;/q+1;;;;;;;/p-1. The monoisotopic (exact) mass is 1390 g/mol. The number of nitrogens with zero attached hydrogens (tertiary/aromatic N) is 2. The van der Waals surface area contributed by atoms with Gasteiger partial charge in [0, 0.05) is 202 Å². The minimum atomic E-state index is -0.376. The van der Waals surface area contributed by atoms with Crippen LogP contribution in [-0.2, 0) is 197 Å². The first kappa shape index (κ1) is 72.2. The molecule has 3 atom stereocenters. The second-order valence-electron chi connectivity index (χ2n) is 17.6. The predicted octanol–water partition coefficient (Wildman–Crippen LogP) is 7.87. The number of hydrogen-bond acceptors (Lipinski definition) is 6. The molecule has 2 heterocycles. The molecule has 2 fully saturated rings. The first-order chi connectivity index (χ1) is 28.8. The zero-order chi connectivity index (χ0) is 43.7. The summed E-state index contributed by atoms with van der Waals surface area (Å²) < 4.78 is 12.4. The average molecular weight is 1390 g/mol. The van der Waals surface area contributed by atoms with Crippen LogP contribution in [0.3, 0.4) is 0 Å². The van der Waals surface area contributed by atoms with Crippen LogP contribution in [0.4, 0.5) is 0 Å². The maximum Gasteiger partial charge on any atom is 0.308 e. The van der Waals surface area contributed by atoms with Crippen molar-refractivity contribution in [2.75, 3.05) is 32.8 Å². The fraction of sp³-hybridized carbons (Fsp3) is 0.566. The molecule has 0 spiro atoms. The summed E-state index contributed by atoms with van der Waals surface area (Å²) in [5.41, 5.74) is 9.26. The summed E-state index contributed by atoms with van der Waals surface area (Å²) in [7, 11) is 0. The van der Waals surface area contributed by atoms with E-state index in [-0.39, 0.29) is 206 Å². The Labute approximate surface area is 543 Å². The number of esters is 1. The van der Waals surface area contributed by atoms with E-state index in [1.54, 1.807) is 0 Å². The van der Waals surface area contributed by atoms with Gasteiger partial charge in [-0.05, 0) is 144 Å². The maximum absolute atomic E-state index is 14.0. The summed E-state index contributed by atoms with van der Waals surface area (Å²) in [6.07, 6.45) is 19.1. The van der Waals surface area contributed by atoms with Gasteiger partial charge in [0.25, 0.3) is 0 Å². The molecule has 0 bridgehead atoms. The summed E-state index contributed by atoms with van der Waals surface area (Å²) in [5.74, 6) is 4.07. The molecular formula is C53H75IN2O5Y5. The number of ketones is 2. The number of hydrogen-bond donors (Lipinski definition) is 0. The normalized spacial score (nSPS) is 17.4. The molecule has 2 aliphatic heterocycles. The summed E-state index contributed by atoms with van der Waals surface area (Å²) in [6, 6.07) is 16.8. The van der Waals surface area contributed by atoms with Gasteiger partial charge in [-0.15, -0.1) is 12.3 Å². The number of unbranched alkanes of at least 4 members (excludes halogenated alkanes) is 3. The number of Topliss-reactive ketones (excluding diaryl/α,β-unsaturated/α-hetero) is 2. The van der Waals surface area contributed by atoms with Crippen molar-refractivity contribution < 1.29 is 216 Å². The Bertz CT molecular complexity index is 1920. The van der Waals surface area contributed by atoms with Crippen molar-refractivity contribution in [3.05, 3.63) is 93.0 Å². The second-order valence-corrected chi connectivity index (χ2v) is 17.6. The molecule has 66 heavy (non-hydrogen) atoms. The number of benzene rings is 3. The van der Waals surface area contributed by atoms with Crippen LogP contribution in [-0.4, -0.2) is 71.8 Å². The third-order valence-corrected chi connectivity index (χ3v) is 12.9. The van der Waals surface area contributed by atoms with E-state index >= 15 is 0 Å². The van der Waals surface area contributed by atoms with Gasteiger partial charge in [-0.2, -0.15) is 0 Å². The minimum absolute atomic E-state index is 0. The van der Waals surface area contributed by atoms with Crippen LogP contribution in [0.25, 0.3) is 0 Å². The van der Waals surface area contributed by atoms with Gasteiger partial charge in [0.05, 0.1) is 25.7 Å². The number of carbonyl (C=O) groups excluding carboxylic acids is 3. The molecule has 0 aromatic heterocycles. The topological polar surface area (TPSA) is 72.9 Å². The van der Waals surface area contributed by atoms with Crippen molar-refractivity contribution in [3.63, 3.8) is 0 Å². The number of rotatable bonds is 19. The van der Waals surface area contributed by atoms with E-state index in [0.717, 1.165) is 93.3 Å². The average Bonchev–Trinajstić information content (AvgIpc) is 3.22. The molecular weight excluding hydrogens is 1320 g/mol. The van der Waals surface area contributed by atoms with E-state index in [2.05, 4.69) is 94.8 Å². The Hall–Kier alpha value is 2.00. The fourth-order valence-electron chi connectivity index (χ4n) is 9.50. The summed E-state index contributed by atoms with van der Waals surface area (Å²) >= 11 is 0. The molecule has 0 N–H and O–H groups in total. The summed E-state index contributed by atoms with van der Waals surface area (Å²) in [6.45, 7) is 21.6. The molecule has 3 aromatic carbocycles. The third kappa shape index (κ3) is 22.6. The van der Waals surface area contributed by atoms with Crippen LogP contribution >= 0.6 is 0 Å². The first-order valence-corrected chi connectivity index (χ1v) is 23.0. The molecule has 0 aliphatic carbocycles. The maximum atomic E-state index is 14.0. The molecule has 13 heteroatoms. The van der Waals surface area contributed by atoms with E-state index in [1.807, 2.05) is 13.0 Å². The molecule has 3 aromatic rings. The Morgan fingerprint density at radius 3 is 1.85 bits per heavy atom. The Morgan fingerprint density at radius 1 is 0.742 bits per heavy atom. The van der Waals surface area contributed by atoms with Crippen LogP contribution in [0.2, 0.25) is 0 Å². The van der Waals surface area contributed by atoms with Gasteiger partial charge in [-0.3, -0.25) is 19.3 Å². The first-order valence-electron chi connectivity index (χ1n) is 23.0. The molecule has 2 saturated heterocycles. The number of ether oxygens (including phenoxy) is 2. The molecule has 0 amide bonds. The number of piperidine rings is 2. The summed E-state index contributed by atoms with van der Waals surface area (Å²) in [5, 5.41) is 0. The molecule has 5 rings (SSSR count). The van der Waals surface area contributed by atoms with Crippen LogP contribution in [0.15, 0.2) is 48.5 Å².